The fraction of sp³-hybridized carbons (Fsp3) is 0.471. The molecule has 1 atom stereocenters. The SMILES string of the molecule is O=C(O)CC1CCCN1C(=O)c1cccc(N2CCCC2=O)c1. The van der Waals surface area contributed by atoms with Gasteiger partial charge in [0.1, 0.15) is 0 Å². The fourth-order valence-corrected chi connectivity index (χ4v) is 3.41. The minimum Gasteiger partial charge on any atom is -0.481 e. The van der Waals surface area contributed by atoms with E-state index in [9.17, 15) is 14.4 Å². The highest BCUT2D eigenvalue weighted by molar-refractivity contribution is 5.99. The number of carboxylic acids is 1. The Hall–Kier alpha value is -2.37. The van der Waals surface area contributed by atoms with Crippen molar-refractivity contribution in [2.45, 2.75) is 38.1 Å². The van der Waals surface area contributed by atoms with Gasteiger partial charge in [0, 0.05) is 36.8 Å². The van der Waals surface area contributed by atoms with E-state index in [4.69, 9.17) is 5.11 Å². The van der Waals surface area contributed by atoms with Crippen LogP contribution in [0.4, 0.5) is 5.69 Å². The van der Waals surface area contributed by atoms with E-state index >= 15 is 0 Å². The van der Waals surface area contributed by atoms with E-state index in [0.29, 0.717) is 25.1 Å². The second-order valence-corrected chi connectivity index (χ2v) is 6.09. The molecule has 2 aliphatic rings. The average Bonchev–Trinajstić information content (AvgIpc) is 3.15. The minimum atomic E-state index is -0.883. The topological polar surface area (TPSA) is 77.9 Å². The van der Waals surface area contributed by atoms with Gasteiger partial charge in [-0.15, -0.1) is 0 Å². The van der Waals surface area contributed by atoms with E-state index in [1.54, 1.807) is 28.0 Å². The van der Waals surface area contributed by atoms with Gasteiger partial charge in [-0.25, -0.2) is 0 Å². The number of aliphatic carboxylic acids is 1. The van der Waals surface area contributed by atoms with Gasteiger partial charge in [0.2, 0.25) is 5.91 Å². The van der Waals surface area contributed by atoms with Gasteiger partial charge in [-0.3, -0.25) is 14.4 Å². The van der Waals surface area contributed by atoms with Crippen molar-refractivity contribution in [1.29, 1.82) is 0 Å². The number of benzene rings is 1. The summed E-state index contributed by atoms with van der Waals surface area (Å²) in [5, 5.41) is 8.98. The number of rotatable bonds is 4. The first-order valence-corrected chi connectivity index (χ1v) is 7.99. The molecule has 23 heavy (non-hydrogen) atoms. The molecule has 2 heterocycles. The molecule has 3 rings (SSSR count). The predicted molar refractivity (Wildman–Crippen MR) is 84.3 cm³/mol. The van der Waals surface area contributed by atoms with Crippen LogP contribution in [0.3, 0.4) is 0 Å². The van der Waals surface area contributed by atoms with Crippen LogP contribution in [0.5, 0.6) is 0 Å². The third-order valence-electron chi connectivity index (χ3n) is 4.53. The number of likely N-dealkylation sites (tertiary alicyclic amines) is 1. The fourth-order valence-electron chi connectivity index (χ4n) is 3.41. The lowest BCUT2D eigenvalue weighted by atomic mass is 10.1. The third kappa shape index (κ3) is 3.21. The average molecular weight is 316 g/mol. The van der Waals surface area contributed by atoms with Crippen molar-refractivity contribution >= 4 is 23.5 Å². The highest BCUT2D eigenvalue weighted by Crippen LogP contribution is 2.26. The highest BCUT2D eigenvalue weighted by Gasteiger charge is 2.31. The van der Waals surface area contributed by atoms with Crippen molar-refractivity contribution in [2.24, 2.45) is 0 Å². The summed E-state index contributed by atoms with van der Waals surface area (Å²) in [6.07, 6.45) is 2.92. The summed E-state index contributed by atoms with van der Waals surface area (Å²) in [4.78, 5) is 38.9. The molecule has 1 aromatic rings. The molecule has 1 unspecified atom stereocenters. The summed E-state index contributed by atoms with van der Waals surface area (Å²) >= 11 is 0. The molecule has 2 saturated heterocycles. The van der Waals surface area contributed by atoms with Gasteiger partial charge < -0.3 is 14.9 Å². The monoisotopic (exact) mass is 316 g/mol. The van der Waals surface area contributed by atoms with E-state index in [0.717, 1.165) is 24.9 Å². The Kier molecular flexibility index (Phi) is 4.32. The standard InChI is InChI=1S/C17H20N2O4/c20-15-7-3-8-18(15)13-5-1-4-12(10-13)17(23)19-9-2-6-14(19)11-16(21)22/h1,4-5,10,14H,2-3,6-9,11H2,(H,21,22). The zero-order valence-corrected chi connectivity index (χ0v) is 12.9. The predicted octanol–water partition coefficient (Wildman–Crippen LogP) is 1.89. The molecule has 0 saturated carbocycles. The Bertz CT molecular complexity index is 643. The van der Waals surface area contributed by atoms with Crippen molar-refractivity contribution in [3.05, 3.63) is 29.8 Å². The molecule has 2 aliphatic heterocycles. The van der Waals surface area contributed by atoms with Gasteiger partial charge >= 0.3 is 5.97 Å². The van der Waals surface area contributed by atoms with Gasteiger partial charge in [-0.1, -0.05) is 6.07 Å². The molecule has 6 heteroatoms. The van der Waals surface area contributed by atoms with E-state index < -0.39 is 5.97 Å². The largest absolute Gasteiger partial charge is 0.481 e. The van der Waals surface area contributed by atoms with Gasteiger partial charge in [0.05, 0.1) is 6.42 Å². The molecule has 2 amide bonds. The van der Waals surface area contributed by atoms with Crippen LogP contribution in [0.1, 0.15) is 42.5 Å². The number of amides is 2. The van der Waals surface area contributed by atoms with Crippen molar-refractivity contribution in [1.82, 2.24) is 4.90 Å². The number of hydrogen-bond acceptors (Lipinski definition) is 3. The molecule has 1 N–H and O–H groups in total. The van der Waals surface area contributed by atoms with Crippen LogP contribution in [0.15, 0.2) is 24.3 Å². The van der Waals surface area contributed by atoms with Crippen LogP contribution < -0.4 is 4.90 Å². The van der Waals surface area contributed by atoms with Crippen molar-refractivity contribution in [3.8, 4) is 0 Å². The smallest absolute Gasteiger partial charge is 0.305 e. The summed E-state index contributed by atoms with van der Waals surface area (Å²) in [6.45, 7) is 1.27. The Morgan fingerprint density at radius 2 is 2.04 bits per heavy atom. The second-order valence-electron chi connectivity index (χ2n) is 6.09. The zero-order valence-electron chi connectivity index (χ0n) is 12.9. The molecule has 2 fully saturated rings. The summed E-state index contributed by atoms with van der Waals surface area (Å²) in [5.74, 6) is -0.951. The molecule has 6 nitrogen and oxygen atoms in total. The Morgan fingerprint density at radius 1 is 1.22 bits per heavy atom. The lowest BCUT2D eigenvalue weighted by Crippen LogP contribution is -2.37. The van der Waals surface area contributed by atoms with E-state index in [-0.39, 0.29) is 24.3 Å². The normalized spacial score (nSPS) is 21.0. The number of hydrogen-bond donors (Lipinski definition) is 1. The maximum Gasteiger partial charge on any atom is 0.305 e. The van der Waals surface area contributed by atoms with Crippen LogP contribution in [-0.2, 0) is 9.59 Å². The van der Waals surface area contributed by atoms with E-state index in [2.05, 4.69) is 0 Å². The van der Waals surface area contributed by atoms with Gasteiger partial charge in [0.25, 0.3) is 5.91 Å². The van der Waals surface area contributed by atoms with Crippen molar-refractivity contribution in [3.63, 3.8) is 0 Å². The lowest BCUT2D eigenvalue weighted by Gasteiger charge is -2.24. The van der Waals surface area contributed by atoms with Crippen molar-refractivity contribution < 1.29 is 19.5 Å². The molecular weight excluding hydrogens is 296 g/mol. The molecule has 1 aromatic carbocycles. The minimum absolute atomic E-state index is 0.0178. The number of nitrogens with zero attached hydrogens (tertiary/aromatic N) is 2. The van der Waals surface area contributed by atoms with Crippen LogP contribution in [0, 0.1) is 0 Å². The molecule has 0 aliphatic carbocycles. The third-order valence-corrected chi connectivity index (χ3v) is 4.53. The maximum atomic E-state index is 12.7. The maximum absolute atomic E-state index is 12.7. The van der Waals surface area contributed by atoms with Crippen LogP contribution in [0.2, 0.25) is 0 Å². The number of carbonyl (C=O) groups is 3. The summed E-state index contributed by atoms with van der Waals surface area (Å²) < 4.78 is 0. The summed E-state index contributed by atoms with van der Waals surface area (Å²) in [6, 6.07) is 6.83. The zero-order chi connectivity index (χ0) is 16.4. The quantitative estimate of drug-likeness (QED) is 0.920. The number of carbonyl (C=O) groups excluding carboxylic acids is 2. The Balaban J connectivity index is 1.79. The van der Waals surface area contributed by atoms with E-state index in [1.165, 1.54) is 0 Å². The Labute approximate surface area is 134 Å². The molecule has 0 aromatic heterocycles. The first-order chi connectivity index (χ1) is 11.1. The van der Waals surface area contributed by atoms with E-state index in [1.807, 2.05) is 6.07 Å². The van der Waals surface area contributed by atoms with Crippen LogP contribution in [0.25, 0.3) is 0 Å². The second kappa shape index (κ2) is 6.40. The molecular formula is C17H20N2O4. The first-order valence-electron chi connectivity index (χ1n) is 7.99. The number of anilines is 1. The highest BCUT2D eigenvalue weighted by atomic mass is 16.4. The molecule has 0 bridgehead atoms. The van der Waals surface area contributed by atoms with Gasteiger partial charge in [0.15, 0.2) is 0 Å². The van der Waals surface area contributed by atoms with Crippen LogP contribution in [-0.4, -0.2) is 46.9 Å². The number of carboxylic acid groups (broad SMARTS) is 1. The molecule has 0 radical (unpaired) electrons. The molecule has 122 valence electrons. The summed E-state index contributed by atoms with van der Waals surface area (Å²) in [5.41, 5.74) is 1.26. The van der Waals surface area contributed by atoms with Crippen molar-refractivity contribution in [2.75, 3.05) is 18.0 Å². The van der Waals surface area contributed by atoms with Crippen LogP contribution >= 0.6 is 0 Å². The van der Waals surface area contributed by atoms with Gasteiger partial charge in [-0.05, 0) is 37.5 Å². The Morgan fingerprint density at radius 3 is 2.74 bits per heavy atom. The summed E-state index contributed by atoms with van der Waals surface area (Å²) in [7, 11) is 0. The first kappa shape index (κ1) is 15.5. The molecule has 0 spiro atoms. The van der Waals surface area contributed by atoms with Gasteiger partial charge in [-0.2, -0.15) is 0 Å². The lowest BCUT2D eigenvalue weighted by molar-refractivity contribution is -0.138.